The fraction of sp³-hybridized carbons (Fsp3) is 0.500. The normalized spacial score (nSPS) is 20.6. The molecule has 2 aromatic heterocycles. The number of hydrogen-bond acceptors (Lipinski definition) is 4. The first-order valence-electron chi connectivity index (χ1n) is 5.35. The number of fused-ring (bicyclic) bond motifs is 1. The second kappa shape index (κ2) is 3.71. The van der Waals surface area contributed by atoms with Gasteiger partial charge in [0.25, 0.3) is 0 Å². The Morgan fingerprint density at radius 3 is 3.25 bits per heavy atom. The van der Waals surface area contributed by atoms with Gasteiger partial charge < -0.3 is 4.74 Å². The Morgan fingerprint density at radius 2 is 2.50 bits per heavy atom. The average Bonchev–Trinajstić information content (AvgIpc) is 2.90. The first-order valence-corrected chi connectivity index (χ1v) is 5.35. The van der Waals surface area contributed by atoms with E-state index in [1.54, 1.807) is 12.3 Å². The van der Waals surface area contributed by atoms with Gasteiger partial charge in [-0.2, -0.15) is 0 Å². The molecule has 1 saturated heterocycles. The molecule has 1 fully saturated rings. The lowest BCUT2D eigenvalue weighted by Gasteiger charge is -2.06. The third-order valence-corrected chi connectivity index (χ3v) is 2.79. The van der Waals surface area contributed by atoms with Crippen molar-refractivity contribution >= 4 is 5.65 Å². The summed E-state index contributed by atoms with van der Waals surface area (Å²) in [6.45, 7) is 1.31. The topological polar surface area (TPSA) is 61.4 Å². The van der Waals surface area contributed by atoms with E-state index in [1.165, 1.54) is 15.4 Å². The van der Waals surface area contributed by atoms with Gasteiger partial charge in [-0.25, -0.2) is 18.9 Å². The summed E-state index contributed by atoms with van der Waals surface area (Å²) in [5.41, 5.74) is 0.469. The third kappa shape index (κ3) is 1.51. The van der Waals surface area contributed by atoms with Crippen molar-refractivity contribution in [3.63, 3.8) is 0 Å². The minimum atomic E-state index is -0.154. The highest BCUT2D eigenvalue weighted by atomic mass is 16.5. The van der Waals surface area contributed by atoms with Crippen LogP contribution >= 0.6 is 0 Å². The minimum absolute atomic E-state index is 0.121. The summed E-state index contributed by atoms with van der Waals surface area (Å²) in [6.07, 6.45) is 5.29. The quantitative estimate of drug-likeness (QED) is 0.718. The first kappa shape index (κ1) is 9.53. The van der Waals surface area contributed by atoms with Crippen LogP contribution in [0.15, 0.2) is 23.4 Å². The highest BCUT2D eigenvalue weighted by Gasteiger charge is 2.18. The lowest BCUT2D eigenvalue weighted by molar-refractivity contribution is 0.0931. The molecular weight excluding hydrogens is 208 g/mol. The van der Waals surface area contributed by atoms with E-state index in [9.17, 15) is 4.79 Å². The van der Waals surface area contributed by atoms with Gasteiger partial charge in [0.05, 0.1) is 12.6 Å². The summed E-state index contributed by atoms with van der Waals surface area (Å²) in [4.78, 5) is 15.8. The molecule has 0 aliphatic carbocycles. The first-order chi connectivity index (χ1) is 7.84. The fourth-order valence-electron chi connectivity index (χ4n) is 1.97. The van der Waals surface area contributed by atoms with Crippen molar-refractivity contribution < 1.29 is 4.74 Å². The van der Waals surface area contributed by atoms with E-state index in [2.05, 4.69) is 10.1 Å². The zero-order chi connectivity index (χ0) is 11.0. The van der Waals surface area contributed by atoms with Crippen LogP contribution in [0.2, 0.25) is 0 Å². The molecule has 3 rings (SSSR count). The molecule has 16 heavy (non-hydrogen) atoms. The molecule has 84 valence electrons. The van der Waals surface area contributed by atoms with Crippen LogP contribution in [0, 0.1) is 0 Å². The van der Waals surface area contributed by atoms with E-state index in [0.29, 0.717) is 12.2 Å². The van der Waals surface area contributed by atoms with Gasteiger partial charge >= 0.3 is 5.69 Å². The van der Waals surface area contributed by atoms with E-state index in [-0.39, 0.29) is 11.8 Å². The number of hydrogen-bond donors (Lipinski definition) is 0. The molecule has 3 heterocycles. The van der Waals surface area contributed by atoms with Crippen molar-refractivity contribution in [3.8, 4) is 0 Å². The Labute approximate surface area is 91.5 Å². The van der Waals surface area contributed by atoms with E-state index in [0.717, 1.165) is 19.4 Å². The maximum atomic E-state index is 11.9. The van der Waals surface area contributed by atoms with E-state index < -0.39 is 0 Å². The number of aromatic nitrogens is 4. The molecule has 2 aromatic rings. The molecule has 6 nitrogen and oxygen atoms in total. The van der Waals surface area contributed by atoms with Crippen LogP contribution in [-0.2, 0) is 11.3 Å². The Kier molecular flexibility index (Phi) is 2.21. The van der Waals surface area contributed by atoms with Crippen molar-refractivity contribution in [2.24, 2.45) is 0 Å². The maximum Gasteiger partial charge on any atom is 0.351 e. The molecule has 0 aromatic carbocycles. The summed E-state index contributed by atoms with van der Waals surface area (Å²) in [5.74, 6) is 0. The summed E-state index contributed by atoms with van der Waals surface area (Å²) in [5, 5.41) is 4.22. The van der Waals surface area contributed by atoms with Crippen molar-refractivity contribution in [1.29, 1.82) is 0 Å². The van der Waals surface area contributed by atoms with Crippen molar-refractivity contribution in [3.05, 3.63) is 29.1 Å². The standard InChI is InChI=1S/C10H12N4O2/c15-10-13-7-11-4-3-9(13)12-14(10)6-8-2-1-5-16-8/h3-4,7-8H,1-2,5-6H2/t8-/m1/s1. The summed E-state index contributed by atoms with van der Waals surface area (Å²) >= 11 is 0. The molecule has 1 aliphatic heterocycles. The molecule has 0 spiro atoms. The highest BCUT2D eigenvalue weighted by molar-refractivity contribution is 5.33. The van der Waals surface area contributed by atoms with Gasteiger partial charge in [0, 0.05) is 18.9 Å². The highest BCUT2D eigenvalue weighted by Crippen LogP contribution is 2.12. The maximum absolute atomic E-state index is 11.9. The molecule has 0 bridgehead atoms. The molecule has 0 N–H and O–H groups in total. The van der Waals surface area contributed by atoms with E-state index in [4.69, 9.17) is 4.74 Å². The van der Waals surface area contributed by atoms with Crippen molar-refractivity contribution in [1.82, 2.24) is 19.2 Å². The van der Waals surface area contributed by atoms with Gasteiger partial charge in [-0.05, 0) is 12.8 Å². The fourth-order valence-corrected chi connectivity index (χ4v) is 1.97. The average molecular weight is 220 g/mol. The van der Waals surface area contributed by atoms with E-state index >= 15 is 0 Å². The second-order valence-corrected chi connectivity index (χ2v) is 3.91. The third-order valence-electron chi connectivity index (χ3n) is 2.79. The van der Waals surface area contributed by atoms with Crippen molar-refractivity contribution in [2.75, 3.05) is 6.61 Å². The molecule has 0 saturated carbocycles. The lowest BCUT2D eigenvalue weighted by Crippen LogP contribution is -2.27. The molecular formula is C10H12N4O2. The molecule has 0 radical (unpaired) electrons. The van der Waals surface area contributed by atoms with Crippen LogP contribution in [0.5, 0.6) is 0 Å². The Balaban J connectivity index is 1.97. The number of nitrogens with zero attached hydrogens (tertiary/aromatic N) is 4. The second-order valence-electron chi connectivity index (χ2n) is 3.91. The molecule has 6 heteroatoms. The molecule has 0 unspecified atom stereocenters. The molecule has 1 atom stereocenters. The Bertz CT molecular complexity index is 553. The van der Waals surface area contributed by atoms with Crippen LogP contribution in [0.3, 0.4) is 0 Å². The lowest BCUT2D eigenvalue weighted by atomic mass is 10.2. The van der Waals surface area contributed by atoms with Gasteiger partial charge in [-0.1, -0.05) is 0 Å². The molecule has 1 aliphatic rings. The predicted molar refractivity (Wildman–Crippen MR) is 56.2 cm³/mol. The van der Waals surface area contributed by atoms with Crippen LogP contribution in [0.4, 0.5) is 0 Å². The summed E-state index contributed by atoms with van der Waals surface area (Å²) < 4.78 is 8.37. The van der Waals surface area contributed by atoms with Crippen LogP contribution < -0.4 is 5.69 Å². The zero-order valence-corrected chi connectivity index (χ0v) is 8.74. The zero-order valence-electron chi connectivity index (χ0n) is 8.74. The molecule has 0 amide bonds. The summed E-state index contributed by atoms with van der Waals surface area (Å²) in [7, 11) is 0. The predicted octanol–water partition coefficient (Wildman–Crippen LogP) is 0.0700. The van der Waals surface area contributed by atoms with Crippen LogP contribution in [-0.4, -0.2) is 31.9 Å². The van der Waals surface area contributed by atoms with Crippen LogP contribution in [0.25, 0.3) is 5.65 Å². The smallest absolute Gasteiger partial charge is 0.351 e. The minimum Gasteiger partial charge on any atom is -0.376 e. The Morgan fingerprint density at radius 1 is 1.56 bits per heavy atom. The monoisotopic (exact) mass is 220 g/mol. The van der Waals surface area contributed by atoms with E-state index in [1.807, 2.05) is 0 Å². The van der Waals surface area contributed by atoms with Gasteiger partial charge in [0.1, 0.15) is 6.33 Å². The van der Waals surface area contributed by atoms with Crippen molar-refractivity contribution in [2.45, 2.75) is 25.5 Å². The Hall–Kier alpha value is -1.69. The van der Waals surface area contributed by atoms with Gasteiger partial charge in [0.2, 0.25) is 0 Å². The summed E-state index contributed by atoms with van der Waals surface area (Å²) in [6, 6.07) is 1.72. The number of ether oxygens (including phenoxy) is 1. The largest absolute Gasteiger partial charge is 0.376 e. The van der Waals surface area contributed by atoms with Gasteiger partial charge in [-0.3, -0.25) is 0 Å². The van der Waals surface area contributed by atoms with Gasteiger partial charge in [-0.15, -0.1) is 5.10 Å². The SMILES string of the molecule is O=c1n(C[C@H]2CCCO2)nc2ccncn12. The van der Waals surface area contributed by atoms with Gasteiger partial charge in [0.15, 0.2) is 5.65 Å². The number of rotatable bonds is 2. The van der Waals surface area contributed by atoms with Crippen LogP contribution in [0.1, 0.15) is 12.8 Å².